The average molecular weight is 399 g/mol. The molecule has 1 aromatic heterocycles. The second-order valence-electron chi connectivity index (χ2n) is 8.58. The summed E-state index contributed by atoms with van der Waals surface area (Å²) in [6.45, 7) is 4.11. The lowest BCUT2D eigenvalue weighted by Gasteiger charge is -2.48. The number of likely N-dealkylation sites (tertiary alicyclic amines) is 1. The zero-order valence-corrected chi connectivity index (χ0v) is 16.7. The van der Waals surface area contributed by atoms with Crippen molar-refractivity contribution in [2.45, 2.75) is 37.8 Å². The van der Waals surface area contributed by atoms with E-state index in [1.54, 1.807) is 17.0 Å². The number of halogens is 1. The van der Waals surface area contributed by atoms with E-state index in [1.165, 1.54) is 38.6 Å². The number of aromatic nitrogens is 3. The topological polar surface area (TPSA) is 63.5 Å². The van der Waals surface area contributed by atoms with Crippen molar-refractivity contribution in [3.63, 3.8) is 0 Å². The third kappa shape index (κ3) is 3.39. The van der Waals surface area contributed by atoms with Crippen molar-refractivity contribution in [1.82, 2.24) is 24.6 Å². The van der Waals surface area contributed by atoms with Crippen LogP contribution in [0.5, 0.6) is 0 Å². The first-order chi connectivity index (χ1) is 14.1. The first-order valence-corrected chi connectivity index (χ1v) is 10.3. The molecular weight excluding hydrogens is 373 g/mol. The van der Waals surface area contributed by atoms with Crippen LogP contribution in [-0.2, 0) is 16.8 Å². The Morgan fingerprint density at radius 2 is 1.93 bits per heavy atom. The van der Waals surface area contributed by atoms with Gasteiger partial charge in [-0.1, -0.05) is 0 Å². The van der Waals surface area contributed by atoms with Gasteiger partial charge in [0.25, 0.3) is 0 Å². The number of carbonyl (C=O) groups excluding carboxylic acids is 1. The van der Waals surface area contributed by atoms with Crippen molar-refractivity contribution >= 4 is 6.09 Å². The van der Waals surface area contributed by atoms with E-state index in [0.29, 0.717) is 13.1 Å². The summed E-state index contributed by atoms with van der Waals surface area (Å²) >= 11 is 0. The van der Waals surface area contributed by atoms with Crippen molar-refractivity contribution in [3.05, 3.63) is 35.9 Å². The lowest BCUT2D eigenvalue weighted by atomic mass is 9.84. The van der Waals surface area contributed by atoms with Gasteiger partial charge in [0.2, 0.25) is 0 Å². The zero-order valence-electron chi connectivity index (χ0n) is 16.7. The molecule has 0 bridgehead atoms. The number of piperidine rings is 1. The van der Waals surface area contributed by atoms with Crippen LogP contribution in [0.2, 0.25) is 0 Å². The fourth-order valence-electron chi connectivity index (χ4n) is 4.81. The van der Waals surface area contributed by atoms with Crippen LogP contribution in [0.3, 0.4) is 0 Å². The van der Waals surface area contributed by atoms with E-state index in [9.17, 15) is 9.18 Å². The minimum Gasteiger partial charge on any atom is -0.453 e. The number of benzene rings is 1. The molecule has 7 nitrogen and oxygen atoms in total. The quantitative estimate of drug-likeness (QED) is 0.794. The Bertz CT molecular complexity index is 900. The number of carbonyl (C=O) groups is 1. The predicted octanol–water partition coefficient (Wildman–Crippen LogP) is 2.87. The summed E-state index contributed by atoms with van der Waals surface area (Å²) in [4.78, 5) is 16.6. The van der Waals surface area contributed by atoms with Gasteiger partial charge in [0.05, 0.1) is 19.2 Å². The van der Waals surface area contributed by atoms with Crippen molar-refractivity contribution in [1.29, 1.82) is 0 Å². The summed E-state index contributed by atoms with van der Waals surface area (Å²) in [7, 11) is 1.41. The summed E-state index contributed by atoms with van der Waals surface area (Å²) < 4.78 is 20.7. The fraction of sp³-hybridized carbons (Fsp3) is 0.571. The Balaban J connectivity index is 1.50. The highest BCUT2D eigenvalue weighted by Crippen LogP contribution is 2.40. The Kier molecular flexibility index (Phi) is 4.53. The molecule has 1 saturated heterocycles. The van der Waals surface area contributed by atoms with E-state index in [0.717, 1.165) is 49.1 Å². The van der Waals surface area contributed by atoms with E-state index < -0.39 is 0 Å². The van der Waals surface area contributed by atoms with Gasteiger partial charge in [-0.3, -0.25) is 4.90 Å². The van der Waals surface area contributed by atoms with Crippen molar-refractivity contribution < 1.29 is 13.9 Å². The second kappa shape index (κ2) is 7.09. The van der Waals surface area contributed by atoms with Gasteiger partial charge in [0.15, 0.2) is 11.6 Å². The average Bonchev–Trinajstić information content (AvgIpc) is 3.45. The third-order valence-corrected chi connectivity index (χ3v) is 6.56. The van der Waals surface area contributed by atoms with Crippen LogP contribution in [0.4, 0.5) is 9.18 Å². The van der Waals surface area contributed by atoms with Crippen molar-refractivity contribution in [3.8, 4) is 11.4 Å². The Morgan fingerprint density at radius 3 is 2.59 bits per heavy atom. The molecule has 0 atom stereocenters. The number of ether oxygens (including phenoxy) is 1. The van der Waals surface area contributed by atoms with E-state index in [4.69, 9.17) is 4.74 Å². The van der Waals surface area contributed by atoms with Crippen LogP contribution in [0.15, 0.2) is 24.3 Å². The molecular formula is C21H26FN5O2. The number of rotatable bonds is 3. The van der Waals surface area contributed by atoms with Crippen LogP contribution in [0, 0.1) is 11.7 Å². The normalized spacial score (nSPS) is 21.2. The molecule has 3 heterocycles. The van der Waals surface area contributed by atoms with E-state index in [-0.39, 0.29) is 17.4 Å². The molecule has 1 amide bonds. The lowest BCUT2D eigenvalue weighted by Crippen LogP contribution is -2.57. The van der Waals surface area contributed by atoms with Crippen LogP contribution in [-0.4, -0.2) is 63.9 Å². The first-order valence-electron chi connectivity index (χ1n) is 10.3. The number of hydrogen-bond acceptors (Lipinski definition) is 5. The molecule has 154 valence electrons. The monoisotopic (exact) mass is 399 g/mol. The second-order valence-corrected chi connectivity index (χ2v) is 8.58. The number of nitrogens with zero attached hydrogens (tertiary/aromatic N) is 5. The van der Waals surface area contributed by atoms with Gasteiger partial charge in [0.1, 0.15) is 5.82 Å². The molecule has 2 aliphatic heterocycles. The SMILES string of the molecule is COC(=O)N1Cc2nnc(-c3ccc(F)cc3)n2C2(CCN(CC3CC3)CC2)C1. The summed E-state index contributed by atoms with van der Waals surface area (Å²) in [5.41, 5.74) is 0.575. The number of methoxy groups -OCH3 is 1. The van der Waals surface area contributed by atoms with Crippen LogP contribution >= 0.6 is 0 Å². The predicted molar refractivity (Wildman–Crippen MR) is 105 cm³/mol. The maximum Gasteiger partial charge on any atom is 0.409 e. The lowest BCUT2D eigenvalue weighted by molar-refractivity contribution is 0.0350. The van der Waals surface area contributed by atoms with E-state index in [1.807, 2.05) is 0 Å². The van der Waals surface area contributed by atoms with Crippen molar-refractivity contribution in [2.24, 2.45) is 5.92 Å². The Hall–Kier alpha value is -2.48. The fourth-order valence-corrected chi connectivity index (χ4v) is 4.81. The zero-order chi connectivity index (χ0) is 20.0. The molecule has 5 rings (SSSR count). The molecule has 2 fully saturated rings. The van der Waals surface area contributed by atoms with Gasteiger partial charge >= 0.3 is 6.09 Å². The van der Waals surface area contributed by atoms with E-state index in [2.05, 4.69) is 19.7 Å². The molecule has 1 spiro atoms. The summed E-state index contributed by atoms with van der Waals surface area (Å²) in [5.74, 6) is 2.10. The number of amides is 1. The smallest absolute Gasteiger partial charge is 0.409 e. The maximum absolute atomic E-state index is 13.4. The van der Waals surface area contributed by atoms with E-state index >= 15 is 0 Å². The molecule has 1 aliphatic carbocycles. The molecule has 8 heteroatoms. The van der Waals surface area contributed by atoms with Crippen LogP contribution in [0.1, 0.15) is 31.5 Å². The maximum atomic E-state index is 13.4. The Labute approximate surface area is 169 Å². The molecule has 0 radical (unpaired) electrons. The molecule has 29 heavy (non-hydrogen) atoms. The molecule has 0 unspecified atom stereocenters. The highest BCUT2D eigenvalue weighted by molar-refractivity contribution is 5.68. The standard InChI is InChI=1S/C21H26FN5O2/c1-29-20(28)26-13-18-23-24-19(16-4-6-17(22)7-5-16)27(18)21(14-26)8-10-25(11-9-21)12-15-2-3-15/h4-7,15H,2-3,8-14H2,1H3. The highest BCUT2D eigenvalue weighted by Gasteiger charge is 2.46. The third-order valence-electron chi connectivity index (χ3n) is 6.56. The summed E-state index contributed by atoms with van der Waals surface area (Å²) in [6.07, 6.45) is 4.21. The van der Waals surface area contributed by atoms with Gasteiger partial charge in [-0.15, -0.1) is 10.2 Å². The summed E-state index contributed by atoms with van der Waals surface area (Å²) in [6, 6.07) is 6.39. The number of hydrogen-bond donors (Lipinski definition) is 0. The molecule has 3 aliphatic rings. The molecule has 0 N–H and O–H groups in total. The first kappa shape index (κ1) is 18.5. The Morgan fingerprint density at radius 1 is 1.21 bits per heavy atom. The molecule has 2 aromatic rings. The van der Waals surface area contributed by atoms with Gasteiger partial charge in [-0.2, -0.15) is 0 Å². The van der Waals surface area contributed by atoms with Gasteiger partial charge in [0, 0.05) is 31.7 Å². The van der Waals surface area contributed by atoms with Crippen LogP contribution in [0.25, 0.3) is 11.4 Å². The van der Waals surface area contributed by atoms with Crippen LogP contribution < -0.4 is 0 Å². The minimum absolute atomic E-state index is 0.269. The van der Waals surface area contributed by atoms with Gasteiger partial charge in [-0.05, 0) is 55.9 Å². The molecule has 1 aromatic carbocycles. The van der Waals surface area contributed by atoms with Crippen molar-refractivity contribution in [2.75, 3.05) is 33.3 Å². The largest absolute Gasteiger partial charge is 0.453 e. The van der Waals surface area contributed by atoms with Gasteiger partial charge in [-0.25, -0.2) is 9.18 Å². The minimum atomic E-state index is -0.331. The summed E-state index contributed by atoms with van der Waals surface area (Å²) in [5, 5.41) is 8.85. The molecule has 1 saturated carbocycles. The van der Waals surface area contributed by atoms with Gasteiger partial charge < -0.3 is 14.2 Å². The number of fused-ring (bicyclic) bond motifs is 2. The highest BCUT2D eigenvalue weighted by atomic mass is 19.1.